The Bertz CT molecular complexity index is 436. The normalized spacial score (nSPS) is 20.9. The molecule has 1 N–H and O–H groups in total. The molecular formula is C16H25NO3. The van der Waals surface area contributed by atoms with Crippen LogP contribution in [0.4, 0.5) is 0 Å². The van der Waals surface area contributed by atoms with Crippen LogP contribution < -0.4 is 9.47 Å². The number of aliphatic hydroxyl groups excluding tert-OH is 1. The van der Waals surface area contributed by atoms with Gasteiger partial charge in [-0.05, 0) is 50.9 Å². The molecule has 0 amide bonds. The monoisotopic (exact) mass is 279 g/mol. The summed E-state index contributed by atoms with van der Waals surface area (Å²) >= 11 is 0. The van der Waals surface area contributed by atoms with Crippen molar-refractivity contribution in [2.24, 2.45) is 0 Å². The number of benzene rings is 1. The summed E-state index contributed by atoms with van der Waals surface area (Å²) in [6.45, 7) is 1.09. The minimum absolute atomic E-state index is 0.269. The van der Waals surface area contributed by atoms with Crippen molar-refractivity contribution in [1.82, 2.24) is 4.90 Å². The molecule has 1 fully saturated rings. The summed E-state index contributed by atoms with van der Waals surface area (Å²) < 4.78 is 10.6. The second-order valence-electron chi connectivity index (χ2n) is 5.47. The Morgan fingerprint density at radius 3 is 2.75 bits per heavy atom. The van der Waals surface area contributed by atoms with Gasteiger partial charge in [-0.2, -0.15) is 0 Å². The number of aryl methyl sites for hydroxylation is 1. The minimum Gasteiger partial charge on any atom is -0.497 e. The van der Waals surface area contributed by atoms with Crippen LogP contribution in [-0.4, -0.2) is 50.0 Å². The van der Waals surface area contributed by atoms with E-state index in [1.54, 1.807) is 14.2 Å². The average molecular weight is 279 g/mol. The van der Waals surface area contributed by atoms with Gasteiger partial charge in [-0.3, -0.25) is 0 Å². The zero-order valence-corrected chi connectivity index (χ0v) is 12.6. The van der Waals surface area contributed by atoms with Crippen LogP contribution in [-0.2, 0) is 6.42 Å². The molecule has 4 nitrogen and oxygen atoms in total. The van der Waals surface area contributed by atoms with Crippen LogP contribution >= 0.6 is 0 Å². The van der Waals surface area contributed by atoms with Crippen molar-refractivity contribution in [3.63, 3.8) is 0 Å². The lowest BCUT2D eigenvalue weighted by atomic mass is 10.00. The molecule has 4 heteroatoms. The third-order valence-corrected chi connectivity index (χ3v) is 4.22. The molecule has 20 heavy (non-hydrogen) atoms. The van der Waals surface area contributed by atoms with Crippen molar-refractivity contribution in [2.45, 2.75) is 37.8 Å². The fourth-order valence-corrected chi connectivity index (χ4v) is 2.98. The van der Waals surface area contributed by atoms with Crippen molar-refractivity contribution >= 4 is 0 Å². The molecule has 1 aliphatic heterocycles. The molecule has 0 spiro atoms. The fraction of sp³-hybridized carbons (Fsp3) is 0.625. The highest BCUT2D eigenvalue weighted by atomic mass is 16.5. The number of nitrogens with zero attached hydrogens (tertiary/aromatic N) is 1. The van der Waals surface area contributed by atoms with E-state index in [0.29, 0.717) is 6.04 Å². The topological polar surface area (TPSA) is 41.9 Å². The number of hydrogen-bond donors (Lipinski definition) is 1. The summed E-state index contributed by atoms with van der Waals surface area (Å²) in [5.74, 6) is 1.62. The van der Waals surface area contributed by atoms with Gasteiger partial charge in [0.05, 0.1) is 20.3 Å². The Balaban J connectivity index is 1.96. The second-order valence-corrected chi connectivity index (χ2v) is 5.47. The Labute approximate surface area is 121 Å². The molecule has 2 atom stereocenters. The zero-order valence-electron chi connectivity index (χ0n) is 12.6. The molecule has 1 heterocycles. The maximum atomic E-state index is 10.3. The third-order valence-electron chi connectivity index (χ3n) is 4.22. The van der Waals surface area contributed by atoms with Crippen molar-refractivity contribution in [3.8, 4) is 11.5 Å². The Kier molecular flexibility index (Phi) is 5.26. The largest absolute Gasteiger partial charge is 0.497 e. The van der Waals surface area contributed by atoms with Crippen molar-refractivity contribution in [3.05, 3.63) is 23.8 Å². The predicted octanol–water partition coefficient (Wildman–Crippen LogP) is 2.09. The Morgan fingerprint density at radius 1 is 1.35 bits per heavy atom. The van der Waals surface area contributed by atoms with Crippen LogP contribution in [0.3, 0.4) is 0 Å². The number of likely N-dealkylation sites (N-methyl/N-ethyl adjacent to an activating group) is 1. The molecule has 1 saturated heterocycles. The lowest BCUT2D eigenvalue weighted by Gasteiger charge is -2.25. The fourth-order valence-electron chi connectivity index (χ4n) is 2.98. The molecule has 2 unspecified atom stereocenters. The van der Waals surface area contributed by atoms with Crippen LogP contribution in [0.15, 0.2) is 18.2 Å². The second kappa shape index (κ2) is 6.95. The lowest BCUT2D eigenvalue weighted by molar-refractivity contribution is 0.0787. The first-order chi connectivity index (χ1) is 9.65. The average Bonchev–Trinajstić information content (AvgIpc) is 2.90. The predicted molar refractivity (Wildman–Crippen MR) is 79.5 cm³/mol. The molecule has 1 aromatic rings. The first-order valence-corrected chi connectivity index (χ1v) is 7.25. The summed E-state index contributed by atoms with van der Waals surface area (Å²) in [6, 6.07) is 6.15. The van der Waals surface area contributed by atoms with Gasteiger partial charge >= 0.3 is 0 Å². The SMILES string of the molecule is COc1ccc(CCC(O)C2CCCN2C)c(OC)c1. The number of aliphatic hydroxyl groups is 1. The van der Waals surface area contributed by atoms with E-state index in [0.717, 1.165) is 42.9 Å². The van der Waals surface area contributed by atoms with E-state index in [2.05, 4.69) is 11.9 Å². The Morgan fingerprint density at radius 2 is 2.15 bits per heavy atom. The number of methoxy groups -OCH3 is 2. The molecule has 1 aliphatic rings. The van der Waals surface area contributed by atoms with Gasteiger partial charge in [-0.15, -0.1) is 0 Å². The molecule has 0 aromatic heterocycles. The zero-order chi connectivity index (χ0) is 14.5. The molecular weight excluding hydrogens is 254 g/mol. The van der Waals surface area contributed by atoms with E-state index in [4.69, 9.17) is 9.47 Å². The maximum absolute atomic E-state index is 10.3. The van der Waals surface area contributed by atoms with Gasteiger partial charge in [0.25, 0.3) is 0 Å². The van der Waals surface area contributed by atoms with Gasteiger partial charge in [-0.25, -0.2) is 0 Å². The van der Waals surface area contributed by atoms with Gasteiger partial charge in [0.15, 0.2) is 0 Å². The van der Waals surface area contributed by atoms with Crippen LogP contribution in [0.5, 0.6) is 11.5 Å². The highest BCUT2D eigenvalue weighted by molar-refractivity contribution is 5.40. The van der Waals surface area contributed by atoms with Gasteiger partial charge < -0.3 is 19.5 Å². The molecule has 0 saturated carbocycles. The first kappa shape index (κ1) is 15.1. The van der Waals surface area contributed by atoms with Crippen LogP contribution in [0.2, 0.25) is 0 Å². The number of likely N-dealkylation sites (tertiary alicyclic amines) is 1. The third kappa shape index (κ3) is 3.44. The standard InChI is InChI=1S/C16H25NO3/c1-17-10-4-5-14(17)15(18)9-7-12-6-8-13(19-2)11-16(12)20-3/h6,8,11,14-15,18H,4-5,7,9-10H2,1-3H3. The number of ether oxygens (including phenoxy) is 2. The summed E-state index contributed by atoms with van der Waals surface area (Å²) in [4.78, 5) is 2.26. The van der Waals surface area contributed by atoms with Gasteiger partial charge in [-0.1, -0.05) is 6.07 Å². The summed E-state index contributed by atoms with van der Waals surface area (Å²) in [5, 5.41) is 10.3. The van der Waals surface area contributed by atoms with E-state index in [1.165, 1.54) is 6.42 Å². The quantitative estimate of drug-likeness (QED) is 0.866. The first-order valence-electron chi connectivity index (χ1n) is 7.25. The van der Waals surface area contributed by atoms with E-state index in [1.807, 2.05) is 18.2 Å². The summed E-state index contributed by atoms with van der Waals surface area (Å²) in [5.41, 5.74) is 1.12. The van der Waals surface area contributed by atoms with E-state index in [9.17, 15) is 5.11 Å². The van der Waals surface area contributed by atoms with Crippen LogP contribution in [0, 0.1) is 0 Å². The molecule has 0 aliphatic carbocycles. The molecule has 0 radical (unpaired) electrons. The summed E-state index contributed by atoms with van der Waals surface area (Å²) in [7, 11) is 5.41. The van der Waals surface area contributed by atoms with E-state index >= 15 is 0 Å². The van der Waals surface area contributed by atoms with E-state index < -0.39 is 0 Å². The summed E-state index contributed by atoms with van der Waals surface area (Å²) in [6.07, 6.45) is 3.59. The van der Waals surface area contributed by atoms with Crippen molar-refractivity contribution < 1.29 is 14.6 Å². The molecule has 0 bridgehead atoms. The number of hydrogen-bond acceptors (Lipinski definition) is 4. The van der Waals surface area contributed by atoms with Gasteiger partial charge in [0, 0.05) is 12.1 Å². The number of rotatable bonds is 6. The molecule has 2 rings (SSSR count). The van der Waals surface area contributed by atoms with Crippen LogP contribution in [0.25, 0.3) is 0 Å². The molecule has 112 valence electrons. The molecule has 1 aromatic carbocycles. The lowest BCUT2D eigenvalue weighted by Crippen LogP contribution is -2.36. The smallest absolute Gasteiger partial charge is 0.125 e. The van der Waals surface area contributed by atoms with E-state index in [-0.39, 0.29) is 6.10 Å². The highest BCUT2D eigenvalue weighted by Crippen LogP contribution is 2.27. The van der Waals surface area contributed by atoms with Crippen LogP contribution in [0.1, 0.15) is 24.8 Å². The maximum Gasteiger partial charge on any atom is 0.125 e. The van der Waals surface area contributed by atoms with Crippen molar-refractivity contribution in [2.75, 3.05) is 27.8 Å². The van der Waals surface area contributed by atoms with Gasteiger partial charge in [0.1, 0.15) is 11.5 Å². The highest BCUT2D eigenvalue weighted by Gasteiger charge is 2.27. The van der Waals surface area contributed by atoms with Gasteiger partial charge in [0.2, 0.25) is 0 Å². The Hall–Kier alpha value is -1.26. The minimum atomic E-state index is -0.269. The van der Waals surface area contributed by atoms with Crippen molar-refractivity contribution in [1.29, 1.82) is 0 Å².